The normalized spacial score (nSPS) is 10.2. The van der Waals surface area contributed by atoms with Gasteiger partial charge in [-0.1, -0.05) is 0 Å². The first-order chi connectivity index (χ1) is 6.27. The van der Waals surface area contributed by atoms with Gasteiger partial charge in [0.15, 0.2) is 0 Å². The first-order valence-corrected chi connectivity index (χ1v) is 4.05. The fourth-order valence-electron chi connectivity index (χ4n) is 1.32. The minimum Gasteiger partial charge on any atom is -0.399 e. The lowest BCUT2D eigenvalue weighted by atomic mass is 10.1. The van der Waals surface area contributed by atoms with Crippen LogP contribution >= 0.6 is 0 Å². The maximum Gasteiger partial charge on any atom is 0.0395 e. The van der Waals surface area contributed by atoms with Crippen molar-refractivity contribution in [3.63, 3.8) is 0 Å². The first-order valence-electron chi connectivity index (χ1n) is 4.05. The summed E-state index contributed by atoms with van der Waals surface area (Å²) in [7, 11) is 0. The zero-order valence-corrected chi connectivity index (χ0v) is 7.12. The number of rotatable bonds is 1. The van der Waals surface area contributed by atoms with Gasteiger partial charge in [-0.25, -0.2) is 0 Å². The molecule has 0 bridgehead atoms. The summed E-state index contributed by atoms with van der Waals surface area (Å²) in [5, 5.41) is 0. The first kappa shape index (κ1) is 7.73. The van der Waals surface area contributed by atoms with Crippen molar-refractivity contribution in [2.45, 2.75) is 0 Å². The molecule has 2 rings (SSSR count). The number of H-pyrrole nitrogens is 1. The Balaban J connectivity index is 2.57. The molecule has 66 valence electrons. The number of aromatic nitrogens is 1. The zero-order valence-electron chi connectivity index (χ0n) is 7.12. The third-order valence-corrected chi connectivity index (χ3v) is 1.99. The minimum absolute atomic E-state index is 0.727. The molecular weight excluding hydrogens is 162 g/mol. The molecule has 3 nitrogen and oxygen atoms in total. The van der Waals surface area contributed by atoms with E-state index in [2.05, 4.69) is 4.98 Å². The Morgan fingerprint density at radius 1 is 1.08 bits per heavy atom. The van der Waals surface area contributed by atoms with Crippen molar-refractivity contribution in [3.05, 3.63) is 36.7 Å². The predicted octanol–water partition coefficient (Wildman–Crippen LogP) is 1.85. The van der Waals surface area contributed by atoms with Gasteiger partial charge in [-0.2, -0.15) is 0 Å². The molecule has 5 N–H and O–H groups in total. The SMILES string of the molecule is Nc1ccc(N)c(-c2cc[nH]c2)c1. The van der Waals surface area contributed by atoms with E-state index in [0.717, 1.165) is 22.5 Å². The quantitative estimate of drug-likeness (QED) is 0.576. The van der Waals surface area contributed by atoms with Gasteiger partial charge in [0, 0.05) is 34.9 Å². The van der Waals surface area contributed by atoms with Gasteiger partial charge in [0.25, 0.3) is 0 Å². The molecule has 0 aliphatic heterocycles. The maximum atomic E-state index is 5.81. The van der Waals surface area contributed by atoms with E-state index in [1.165, 1.54) is 0 Å². The highest BCUT2D eigenvalue weighted by molar-refractivity contribution is 5.78. The molecule has 0 unspecified atom stereocenters. The lowest BCUT2D eigenvalue weighted by molar-refractivity contribution is 1.41. The highest BCUT2D eigenvalue weighted by atomic mass is 14.6. The number of hydrogen-bond donors (Lipinski definition) is 3. The van der Waals surface area contributed by atoms with E-state index in [1.54, 1.807) is 6.07 Å². The van der Waals surface area contributed by atoms with Crippen LogP contribution in [-0.2, 0) is 0 Å². The minimum atomic E-state index is 0.727. The average molecular weight is 173 g/mol. The van der Waals surface area contributed by atoms with Crippen molar-refractivity contribution in [1.29, 1.82) is 0 Å². The number of aromatic amines is 1. The van der Waals surface area contributed by atoms with Crippen LogP contribution in [0.2, 0.25) is 0 Å². The summed E-state index contributed by atoms with van der Waals surface area (Å²) in [6.45, 7) is 0. The molecule has 0 amide bonds. The second-order valence-corrected chi connectivity index (χ2v) is 2.95. The summed E-state index contributed by atoms with van der Waals surface area (Å²) in [5.74, 6) is 0. The third-order valence-electron chi connectivity index (χ3n) is 1.99. The Kier molecular flexibility index (Phi) is 1.70. The van der Waals surface area contributed by atoms with Crippen LogP contribution in [0.5, 0.6) is 0 Å². The summed E-state index contributed by atoms with van der Waals surface area (Å²) in [4.78, 5) is 2.98. The standard InChI is InChI=1S/C10H11N3/c11-8-1-2-10(12)9(5-8)7-3-4-13-6-7/h1-6,13H,11-12H2. The molecule has 1 aromatic heterocycles. The Bertz CT molecular complexity index is 404. The Hall–Kier alpha value is -1.90. The van der Waals surface area contributed by atoms with Crippen LogP contribution in [-0.4, -0.2) is 4.98 Å². The van der Waals surface area contributed by atoms with Gasteiger partial charge in [0.05, 0.1) is 0 Å². The molecular formula is C10H11N3. The molecule has 0 radical (unpaired) electrons. The molecule has 0 saturated heterocycles. The van der Waals surface area contributed by atoms with Crippen LogP contribution in [0, 0.1) is 0 Å². The van der Waals surface area contributed by atoms with Gasteiger partial charge in [-0.3, -0.25) is 0 Å². The van der Waals surface area contributed by atoms with Crippen LogP contribution in [0.15, 0.2) is 36.7 Å². The molecule has 13 heavy (non-hydrogen) atoms. The summed E-state index contributed by atoms with van der Waals surface area (Å²) in [6, 6.07) is 7.45. The van der Waals surface area contributed by atoms with Gasteiger partial charge in [-0.15, -0.1) is 0 Å². The van der Waals surface area contributed by atoms with Gasteiger partial charge in [0.1, 0.15) is 0 Å². The number of nitrogens with one attached hydrogen (secondary N) is 1. The Labute approximate surface area is 76.4 Å². The van der Waals surface area contributed by atoms with Crippen molar-refractivity contribution in [2.24, 2.45) is 0 Å². The number of benzene rings is 1. The van der Waals surface area contributed by atoms with Crippen LogP contribution in [0.3, 0.4) is 0 Å². The van der Waals surface area contributed by atoms with E-state index < -0.39 is 0 Å². The van der Waals surface area contributed by atoms with Crippen molar-refractivity contribution in [1.82, 2.24) is 4.98 Å². The van der Waals surface area contributed by atoms with E-state index in [-0.39, 0.29) is 0 Å². The van der Waals surface area contributed by atoms with Crippen LogP contribution in [0.1, 0.15) is 0 Å². The summed E-state index contributed by atoms with van der Waals surface area (Å²) < 4.78 is 0. The van der Waals surface area contributed by atoms with Gasteiger partial charge >= 0.3 is 0 Å². The van der Waals surface area contributed by atoms with E-state index >= 15 is 0 Å². The second-order valence-electron chi connectivity index (χ2n) is 2.95. The Morgan fingerprint density at radius 2 is 1.92 bits per heavy atom. The van der Waals surface area contributed by atoms with E-state index in [0.29, 0.717) is 0 Å². The monoisotopic (exact) mass is 173 g/mol. The number of nitrogens with two attached hydrogens (primary N) is 2. The maximum absolute atomic E-state index is 5.81. The molecule has 0 saturated carbocycles. The van der Waals surface area contributed by atoms with Crippen LogP contribution in [0.25, 0.3) is 11.1 Å². The summed E-state index contributed by atoms with van der Waals surface area (Å²) in [5.41, 5.74) is 15.0. The number of nitrogen functional groups attached to an aromatic ring is 2. The van der Waals surface area contributed by atoms with Crippen molar-refractivity contribution in [3.8, 4) is 11.1 Å². The van der Waals surface area contributed by atoms with Gasteiger partial charge in [-0.05, 0) is 24.3 Å². The lowest BCUT2D eigenvalue weighted by Crippen LogP contribution is -1.91. The van der Waals surface area contributed by atoms with Crippen LogP contribution < -0.4 is 11.5 Å². The van der Waals surface area contributed by atoms with Crippen molar-refractivity contribution < 1.29 is 0 Å². The van der Waals surface area contributed by atoms with Crippen molar-refractivity contribution in [2.75, 3.05) is 11.5 Å². The summed E-state index contributed by atoms with van der Waals surface area (Å²) >= 11 is 0. The average Bonchev–Trinajstić information content (AvgIpc) is 2.61. The largest absolute Gasteiger partial charge is 0.399 e. The molecule has 0 aliphatic rings. The lowest BCUT2D eigenvalue weighted by Gasteiger charge is -2.03. The van der Waals surface area contributed by atoms with Gasteiger partial charge < -0.3 is 16.5 Å². The highest BCUT2D eigenvalue weighted by Crippen LogP contribution is 2.27. The molecule has 0 spiro atoms. The number of hydrogen-bond acceptors (Lipinski definition) is 2. The van der Waals surface area contributed by atoms with Gasteiger partial charge in [0.2, 0.25) is 0 Å². The molecule has 1 heterocycles. The highest BCUT2D eigenvalue weighted by Gasteiger charge is 2.02. The molecule has 3 heteroatoms. The topological polar surface area (TPSA) is 67.8 Å². The fourth-order valence-corrected chi connectivity index (χ4v) is 1.32. The van der Waals surface area contributed by atoms with E-state index in [9.17, 15) is 0 Å². The Morgan fingerprint density at radius 3 is 2.62 bits per heavy atom. The predicted molar refractivity (Wildman–Crippen MR) is 55.1 cm³/mol. The molecule has 1 aromatic carbocycles. The molecule has 2 aromatic rings. The smallest absolute Gasteiger partial charge is 0.0395 e. The summed E-state index contributed by atoms with van der Waals surface area (Å²) in [6.07, 6.45) is 3.75. The van der Waals surface area contributed by atoms with Crippen molar-refractivity contribution >= 4 is 11.4 Å². The zero-order chi connectivity index (χ0) is 9.26. The van der Waals surface area contributed by atoms with Crippen LogP contribution in [0.4, 0.5) is 11.4 Å². The van der Waals surface area contributed by atoms with E-state index in [1.807, 2.05) is 30.6 Å². The fraction of sp³-hybridized carbons (Fsp3) is 0. The van der Waals surface area contributed by atoms with E-state index in [4.69, 9.17) is 11.5 Å². The molecule has 0 aliphatic carbocycles. The molecule has 0 fully saturated rings. The third kappa shape index (κ3) is 1.36. The number of anilines is 2. The second kappa shape index (κ2) is 2.86. The molecule has 0 atom stereocenters.